The van der Waals surface area contributed by atoms with Crippen molar-refractivity contribution >= 4 is 5.78 Å². The fraction of sp³-hybridized carbons (Fsp3) is 0.300. The Kier molecular flexibility index (Phi) is 9.27. The van der Waals surface area contributed by atoms with E-state index in [-0.39, 0.29) is 5.78 Å². The van der Waals surface area contributed by atoms with Gasteiger partial charge >= 0.3 is 23.5 Å². The summed E-state index contributed by atoms with van der Waals surface area (Å²) in [4.78, 5) is 11.2. The number of carbonyl (C=O) groups excluding carboxylic acids is 1. The second-order valence-electron chi connectivity index (χ2n) is 3.08. The molecule has 0 saturated heterocycles. The number of ketones is 1. The van der Waals surface area contributed by atoms with Gasteiger partial charge in [0.1, 0.15) is 0 Å². The standard InChI is InChI=1S/C10H13N2O2.2O.V/c11-5-9(13)7-12-6-8-3-1-2-4-10(8)14;;;/h1-4,6,9,12H,5,7,11H2;;;/q-1;;;/p+1. The van der Waals surface area contributed by atoms with Gasteiger partial charge in [0.15, 0.2) is 5.78 Å². The molecule has 1 rings (SSSR count). The minimum absolute atomic E-state index is 0.0444. The third kappa shape index (κ3) is 7.65. The van der Waals surface area contributed by atoms with Gasteiger partial charge in [-0.25, -0.2) is 0 Å². The molecule has 7 heteroatoms. The van der Waals surface area contributed by atoms with Crippen LogP contribution in [-0.4, -0.2) is 25.0 Å². The number of quaternary nitrogens is 1. The summed E-state index contributed by atoms with van der Waals surface area (Å²) in [6.07, 6.45) is 7.52. The number of hydrogen-bond acceptors (Lipinski definition) is 5. The summed E-state index contributed by atoms with van der Waals surface area (Å²) in [7, 11) is 0. The second kappa shape index (κ2) is 9.98. The van der Waals surface area contributed by atoms with Crippen LogP contribution >= 0.6 is 0 Å². The number of rotatable bonds is 4. The third-order valence-corrected chi connectivity index (χ3v) is 1.84. The number of nitrogens with one attached hydrogen (secondary N) is 1. The van der Waals surface area contributed by atoms with E-state index in [1.807, 2.05) is 0 Å². The molecule has 0 aliphatic heterocycles. The van der Waals surface area contributed by atoms with Gasteiger partial charge in [-0.1, -0.05) is 18.3 Å². The van der Waals surface area contributed by atoms with Gasteiger partial charge in [-0.15, -0.1) is 0 Å². The van der Waals surface area contributed by atoms with E-state index in [0.717, 1.165) is 0 Å². The molecular weight excluding hydrogens is 263 g/mol. The average Bonchev–Trinajstić information content (AvgIpc) is 2.32. The van der Waals surface area contributed by atoms with Gasteiger partial charge in [-0.05, 0) is 12.2 Å². The van der Waals surface area contributed by atoms with Gasteiger partial charge in [0, 0.05) is 18.3 Å². The van der Waals surface area contributed by atoms with Gasteiger partial charge in [-0.2, -0.15) is 0 Å². The summed E-state index contributed by atoms with van der Waals surface area (Å²) in [5.41, 5.74) is 4.07. The fourth-order valence-electron chi connectivity index (χ4n) is 1.00. The maximum atomic E-state index is 11.2. The van der Waals surface area contributed by atoms with Crippen molar-refractivity contribution in [2.45, 2.75) is 6.10 Å². The second-order valence-corrected chi connectivity index (χ2v) is 3.31. The van der Waals surface area contributed by atoms with Gasteiger partial charge in [0.25, 0.3) is 0 Å². The number of allylic oxidation sites excluding steroid dienone is 5. The number of hydrogen-bond donors (Lipinski definition) is 2. The third-order valence-electron chi connectivity index (χ3n) is 1.84. The molecule has 0 amide bonds. The van der Waals surface area contributed by atoms with Gasteiger partial charge in [0.2, 0.25) is 0 Å². The molecule has 0 radical (unpaired) electrons. The molecule has 1 aliphatic carbocycles. The fourth-order valence-corrected chi connectivity index (χ4v) is 1.00. The predicted octanol–water partition coefficient (Wildman–Crippen LogP) is -2.11. The SMILES string of the molecule is [NH3+]CC([O-])CNC=C1C=CC=CC1=O.[O]=[V]=[O]. The van der Waals surface area contributed by atoms with Crippen LogP contribution in [0.25, 0.3) is 0 Å². The predicted molar refractivity (Wildman–Crippen MR) is 52.3 cm³/mol. The van der Waals surface area contributed by atoms with E-state index in [1.54, 1.807) is 24.4 Å². The van der Waals surface area contributed by atoms with Crippen LogP contribution in [0.1, 0.15) is 0 Å². The molecule has 6 nitrogen and oxygen atoms in total. The Bertz CT molecular complexity index is 371. The van der Waals surface area contributed by atoms with Crippen LogP contribution < -0.4 is 16.2 Å². The Hall–Kier alpha value is -1.21. The Labute approximate surface area is 106 Å². The minimum atomic E-state index is -1.81. The van der Waals surface area contributed by atoms with Crippen LogP contribution in [0.3, 0.4) is 0 Å². The molecule has 0 bridgehead atoms. The summed E-state index contributed by atoms with van der Waals surface area (Å²) in [5, 5.41) is 13.8. The Balaban J connectivity index is 0.000000770. The molecule has 0 saturated carbocycles. The number of carbonyl (C=O) groups is 1. The molecule has 0 aromatic carbocycles. The van der Waals surface area contributed by atoms with E-state index in [9.17, 15) is 9.90 Å². The van der Waals surface area contributed by atoms with E-state index < -0.39 is 22.3 Å². The molecule has 93 valence electrons. The summed E-state index contributed by atoms with van der Waals surface area (Å²) >= 11 is -1.81. The first-order chi connectivity index (χ1) is 8.15. The Morgan fingerprint density at radius 3 is 2.53 bits per heavy atom. The maximum absolute atomic E-state index is 11.2. The molecule has 1 atom stereocenters. The first-order valence-electron chi connectivity index (χ1n) is 4.88. The molecular formula is C10H14N2O4V. The van der Waals surface area contributed by atoms with Crippen molar-refractivity contribution in [3.05, 3.63) is 36.1 Å². The zero-order chi connectivity index (χ0) is 13.1. The van der Waals surface area contributed by atoms with Crippen molar-refractivity contribution in [2.75, 3.05) is 13.1 Å². The first kappa shape index (κ1) is 15.8. The average molecular weight is 277 g/mol. The van der Waals surface area contributed by atoms with Crippen LogP contribution in [0.4, 0.5) is 0 Å². The summed E-state index contributed by atoms with van der Waals surface area (Å²) < 4.78 is 16.9. The van der Waals surface area contributed by atoms with E-state index in [4.69, 9.17) is 7.35 Å². The topological polar surface area (TPSA) is 114 Å². The van der Waals surface area contributed by atoms with Gasteiger partial charge < -0.3 is 16.2 Å². The molecule has 17 heavy (non-hydrogen) atoms. The first-order valence-corrected chi connectivity index (χ1v) is 6.02. The molecule has 0 aromatic heterocycles. The molecule has 1 unspecified atom stereocenters. The summed E-state index contributed by atoms with van der Waals surface area (Å²) in [5.74, 6) is -0.0444. The van der Waals surface area contributed by atoms with E-state index >= 15 is 0 Å². The Morgan fingerprint density at radius 2 is 2.00 bits per heavy atom. The molecule has 0 spiro atoms. The molecule has 0 fully saturated rings. The summed E-state index contributed by atoms with van der Waals surface area (Å²) in [6.45, 7) is 0.650. The molecule has 0 aromatic rings. The zero-order valence-corrected chi connectivity index (χ0v) is 10.6. The monoisotopic (exact) mass is 277 g/mol. The van der Waals surface area contributed by atoms with Crippen molar-refractivity contribution in [3.8, 4) is 0 Å². The zero-order valence-electron chi connectivity index (χ0n) is 9.17. The van der Waals surface area contributed by atoms with Crippen LogP contribution in [0.5, 0.6) is 0 Å². The van der Waals surface area contributed by atoms with E-state index in [1.165, 1.54) is 6.08 Å². The van der Waals surface area contributed by atoms with Crippen molar-refractivity contribution in [1.82, 2.24) is 5.32 Å². The molecule has 0 heterocycles. The van der Waals surface area contributed by atoms with Crippen molar-refractivity contribution < 1.29 is 39.2 Å². The summed E-state index contributed by atoms with van der Waals surface area (Å²) in [6, 6.07) is 0. The molecule has 4 N–H and O–H groups in total. The van der Waals surface area contributed by atoms with Gasteiger partial charge in [-0.3, -0.25) is 4.79 Å². The quantitative estimate of drug-likeness (QED) is 0.571. The normalized spacial score (nSPS) is 17.1. The van der Waals surface area contributed by atoms with Crippen molar-refractivity contribution in [1.29, 1.82) is 0 Å². The van der Waals surface area contributed by atoms with Gasteiger partial charge in [0.05, 0.1) is 6.54 Å². The van der Waals surface area contributed by atoms with Crippen LogP contribution in [0.2, 0.25) is 0 Å². The van der Waals surface area contributed by atoms with Crippen molar-refractivity contribution in [2.24, 2.45) is 0 Å². The molecule has 1 aliphatic rings. The van der Waals surface area contributed by atoms with Crippen LogP contribution in [-0.2, 0) is 28.3 Å². The van der Waals surface area contributed by atoms with E-state index in [0.29, 0.717) is 18.7 Å². The van der Waals surface area contributed by atoms with Crippen molar-refractivity contribution in [3.63, 3.8) is 0 Å². The Morgan fingerprint density at radius 1 is 1.41 bits per heavy atom. The van der Waals surface area contributed by atoms with Crippen LogP contribution in [0.15, 0.2) is 36.1 Å². The van der Waals surface area contributed by atoms with E-state index in [2.05, 4.69) is 11.1 Å². The van der Waals surface area contributed by atoms with Crippen LogP contribution in [0, 0.1) is 0 Å².